The monoisotopic (exact) mass is 327 g/mol. The second-order valence-electron chi connectivity index (χ2n) is 5.55. The molecule has 1 aliphatic rings. The van der Waals surface area contributed by atoms with Gasteiger partial charge in [0.1, 0.15) is 5.75 Å². The van der Waals surface area contributed by atoms with Crippen molar-refractivity contribution in [1.29, 1.82) is 0 Å². The minimum absolute atomic E-state index is 0.0655. The molecule has 0 aromatic heterocycles. The van der Waals surface area contributed by atoms with E-state index in [4.69, 9.17) is 16.3 Å². The van der Waals surface area contributed by atoms with Crippen molar-refractivity contribution >= 4 is 23.6 Å². The zero-order valence-corrected chi connectivity index (χ0v) is 13.6. The van der Waals surface area contributed by atoms with Gasteiger partial charge >= 0.3 is 0 Å². The van der Waals surface area contributed by atoms with Crippen LogP contribution in [-0.2, 0) is 11.2 Å². The molecule has 0 aliphatic carbocycles. The van der Waals surface area contributed by atoms with Gasteiger partial charge in [0.15, 0.2) is 0 Å². The number of hydrogen-bond donors (Lipinski definition) is 1. The number of ether oxygens (including phenoxy) is 1. The van der Waals surface area contributed by atoms with Crippen LogP contribution in [0.25, 0.3) is 6.08 Å². The summed E-state index contributed by atoms with van der Waals surface area (Å²) in [6, 6.07) is 13.4. The lowest BCUT2D eigenvalue weighted by Gasteiger charge is -2.14. The van der Waals surface area contributed by atoms with Crippen LogP contribution < -0.4 is 10.1 Å². The molecule has 0 saturated heterocycles. The zero-order chi connectivity index (χ0) is 16.2. The molecule has 4 heteroatoms. The van der Waals surface area contributed by atoms with Crippen LogP contribution in [0.2, 0.25) is 5.02 Å². The van der Waals surface area contributed by atoms with Crippen LogP contribution in [0, 0.1) is 0 Å². The van der Waals surface area contributed by atoms with E-state index < -0.39 is 0 Å². The van der Waals surface area contributed by atoms with Gasteiger partial charge in [0, 0.05) is 17.5 Å². The summed E-state index contributed by atoms with van der Waals surface area (Å²) in [6.45, 7) is 2.71. The highest BCUT2D eigenvalue weighted by molar-refractivity contribution is 6.32. The molecular formula is C19H18ClNO2. The molecule has 1 amide bonds. The molecule has 1 heterocycles. The van der Waals surface area contributed by atoms with Gasteiger partial charge in [-0.25, -0.2) is 0 Å². The lowest BCUT2D eigenvalue weighted by atomic mass is 10.0. The Labute approximate surface area is 140 Å². The largest absolute Gasteiger partial charge is 0.493 e. The van der Waals surface area contributed by atoms with Gasteiger partial charge in [-0.05, 0) is 47.9 Å². The third-order valence-corrected chi connectivity index (χ3v) is 4.24. The van der Waals surface area contributed by atoms with E-state index in [0.717, 1.165) is 29.9 Å². The Kier molecular flexibility index (Phi) is 4.68. The third-order valence-electron chi connectivity index (χ3n) is 3.89. The molecule has 0 bridgehead atoms. The molecule has 3 rings (SSSR count). The van der Waals surface area contributed by atoms with Crippen molar-refractivity contribution in [1.82, 2.24) is 5.32 Å². The van der Waals surface area contributed by atoms with Gasteiger partial charge in [0.05, 0.1) is 12.6 Å². The molecule has 23 heavy (non-hydrogen) atoms. The molecule has 0 spiro atoms. The fourth-order valence-electron chi connectivity index (χ4n) is 2.60. The number of halogens is 1. The van der Waals surface area contributed by atoms with Crippen molar-refractivity contribution in [2.75, 3.05) is 6.61 Å². The quantitative estimate of drug-likeness (QED) is 0.856. The average molecular weight is 328 g/mol. The van der Waals surface area contributed by atoms with Crippen molar-refractivity contribution in [3.63, 3.8) is 0 Å². The predicted octanol–water partition coefficient (Wildman–Crippen LogP) is 4.17. The van der Waals surface area contributed by atoms with Gasteiger partial charge in [-0.15, -0.1) is 0 Å². The number of carbonyl (C=O) groups is 1. The molecule has 0 saturated carbocycles. The van der Waals surface area contributed by atoms with Crippen LogP contribution in [0.4, 0.5) is 0 Å². The van der Waals surface area contributed by atoms with E-state index in [2.05, 4.69) is 11.4 Å². The first-order chi connectivity index (χ1) is 11.1. The van der Waals surface area contributed by atoms with Gasteiger partial charge in [0.2, 0.25) is 5.91 Å². The van der Waals surface area contributed by atoms with E-state index in [9.17, 15) is 4.79 Å². The summed E-state index contributed by atoms with van der Waals surface area (Å²) in [5.41, 5.74) is 3.11. The van der Waals surface area contributed by atoms with Crippen LogP contribution in [-0.4, -0.2) is 12.5 Å². The van der Waals surface area contributed by atoms with Crippen LogP contribution in [0.3, 0.4) is 0 Å². The average Bonchev–Trinajstić information content (AvgIpc) is 3.01. The Balaban J connectivity index is 1.64. The van der Waals surface area contributed by atoms with E-state index in [1.54, 1.807) is 12.1 Å². The van der Waals surface area contributed by atoms with Crippen molar-refractivity contribution in [3.8, 4) is 5.75 Å². The Hall–Kier alpha value is -2.26. The Morgan fingerprint density at radius 3 is 2.96 bits per heavy atom. The van der Waals surface area contributed by atoms with Gasteiger partial charge < -0.3 is 10.1 Å². The Bertz CT molecular complexity index is 755. The number of amides is 1. The maximum Gasteiger partial charge on any atom is 0.244 e. The zero-order valence-electron chi connectivity index (χ0n) is 12.9. The second-order valence-corrected chi connectivity index (χ2v) is 5.96. The number of fused-ring (bicyclic) bond motifs is 1. The first-order valence-corrected chi connectivity index (χ1v) is 8.00. The van der Waals surface area contributed by atoms with Crippen molar-refractivity contribution in [2.24, 2.45) is 0 Å². The minimum atomic E-state index is -0.144. The van der Waals surface area contributed by atoms with E-state index >= 15 is 0 Å². The topological polar surface area (TPSA) is 38.3 Å². The van der Waals surface area contributed by atoms with Gasteiger partial charge in [-0.1, -0.05) is 35.9 Å². The van der Waals surface area contributed by atoms with Crippen LogP contribution in [0.5, 0.6) is 5.75 Å². The van der Waals surface area contributed by atoms with Crippen LogP contribution >= 0.6 is 11.6 Å². The molecule has 2 aromatic rings. The predicted molar refractivity (Wildman–Crippen MR) is 92.7 cm³/mol. The number of benzene rings is 2. The summed E-state index contributed by atoms with van der Waals surface area (Å²) < 4.78 is 5.50. The second kappa shape index (κ2) is 6.88. The van der Waals surface area contributed by atoms with Gasteiger partial charge in [0.25, 0.3) is 0 Å². The lowest BCUT2D eigenvalue weighted by molar-refractivity contribution is -0.117. The minimum Gasteiger partial charge on any atom is -0.493 e. The molecule has 1 atom stereocenters. The normalized spacial score (nSPS) is 14.3. The van der Waals surface area contributed by atoms with Crippen molar-refractivity contribution in [3.05, 3.63) is 70.3 Å². The molecule has 1 unspecified atom stereocenters. The standard InChI is InChI=1S/C19H18ClNO2/c1-13(15-6-8-18-16(12-15)10-11-23-18)21-19(22)9-7-14-4-2-3-5-17(14)20/h2-9,12-13H,10-11H2,1H3,(H,21,22)/b9-7+. The summed E-state index contributed by atoms with van der Waals surface area (Å²) in [4.78, 5) is 12.1. The summed E-state index contributed by atoms with van der Waals surface area (Å²) in [7, 11) is 0. The summed E-state index contributed by atoms with van der Waals surface area (Å²) >= 11 is 6.07. The smallest absolute Gasteiger partial charge is 0.244 e. The van der Waals surface area contributed by atoms with Crippen molar-refractivity contribution in [2.45, 2.75) is 19.4 Å². The third kappa shape index (κ3) is 3.74. The molecule has 3 nitrogen and oxygen atoms in total. The van der Waals surface area contributed by atoms with E-state index in [-0.39, 0.29) is 11.9 Å². The SMILES string of the molecule is CC(NC(=O)/C=C/c1ccccc1Cl)c1ccc2c(c1)CCO2. The first-order valence-electron chi connectivity index (χ1n) is 7.62. The Morgan fingerprint density at radius 1 is 1.30 bits per heavy atom. The van der Waals surface area contributed by atoms with Gasteiger partial charge in [-0.3, -0.25) is 4.79 Å². The van der Waals surface area contributed by atoms with E-state index in [1.165, 1.54) is 11.6 Å². The summed E-state index contributed by atoms with van der Waals surface area (Å²) in [5.74, 6) is 0.806. The van der Waals surface area contributed by atoms with Crippen LogP contribution in [0.1, 0.15) is 29.7 Å². The van der Waals surface area contributed by atoms with E-state index in [0.29, 0.717) is 5.02 Å². The highest BCUT2D eigenvalue weighted by atomic mass is 35.5. The number of carbonyl (C=O) groups excluding carboxylic acids is 1. The molecule has 1 N–H and O–H groups in total. The summed E-state index contributed by atoms with van der Waals surface area (Å²) in [5, 5.41) is 3.60. The highest BCUT2D eigenvalue weighted by Crippen LogP contribution is 2.28. The van der Waals surface area contributed by atoms with E-state index in [1.807, 2.05) is 37.3 Å². The molecule has 2 aromatic carbocycles. The maximum absolute atomic E-state index is 12.1. The maximum atomic E-state index is 12.1. The lowest BCUT2D eigenvalue weighted by Crippen LogP contribution is -2.24. The number of nitrogens with one attached hydrogen (secondary N) is 1. The molecule has 0 radical (unpaired) electrons. The molecule has 1 aliphatic heterocycles. The number of hydrogen-bond acceptors (Lipinski definition) is 2. The first kappa shape index (κ1) is 15.6. The van der Waals surface area contributed by atoms with Crippen molar-refractivity contribution < 1.29 is 9.53 Å². The number of rotatable bonds is 4. The Morgan fingerprint density at radius 2 is 2.13 bits per heavy atom. The molecular weight excluding hydrogens is 310 g/mol. The van der Waals surface area contributed by atoms with Gasteiger partial charge in [-0.2, -0.15) is 0 Å². The fourth-order valence-corrected chi connectivity index (χ4v) is 2.80. The molecule has 0 fully saturated rings. The van der Waals surface area contributed by atoms with Crippen LogP contribution in [0.15, 0.2) is 48.5 Å². The molecule has 118 valence electrons. The fraction of sp³-hybridized carbons (Fsp3) is 0.211. The highest BCUT2D eigenvalue weighted by Gasteiger charge is 2.15. The summed E-state index contributed by atoms with van der Waals surface area (Å²) in [6.07, 6.45) is 4.16.